The van der Waals surface area contributed by atoms with Crippen molar-refractivity contribution < 1.29 is 14.0 Å². The molecule has 5 nitrogen and oxygen atoms in total. The van der Waals surface area contributed by atoms with Crippen LogP contribution >= 0.6 is 0 Å². The van der Waals surface area contributed by atoms with Gasteiger partial charge in [0, 0.05) is 39.6 Å². The van der Waals surface area contributed by atoms with Gasteiger partial charge < -0.3 is 14.7 Å². The minimum absolute atomic E-state index is 0.0106. The zero-order valence-corrected chi connectivity index (χ0v) is 19.0. The van der Waals surface area contributed by atoms with Gasteiger partial charge in [0.1, 0.15) is 5.82 Å². The van der Waals surface area contributed by atoms with E-state index in [-0.39, 0.29) is 29.6 Å². The molecule has 0 aromatic heterocycles. The predicted molar refractivity (Wildman–Crippen MR) is 124 cm³/mol. The Hall–Kier alpha value is -2.89. The molecule has 2 aromatic carbocycles. The smallest absolute Gasteiger partial charge is 0.227 e. The minimum Gasteiger partial charge on any atom is -0.366 e. The molecule has 2 aliphatic heterocycles. The van der Waals surface area contributed by atoms with Gasteiger partial charge in [-0.2, -0.15) is 0 Å². The fourth-order valence-electron chi connectivity index (χ4n) is 4.98. The van der Waals surface area contributed by atoms with Crippen molar-refractivity contribution in [2.75, 3.05) is 37.6 Å². The zero-order chi connectivity index (χ0) is 22.7. The number of piperazine rings is 1. The normalized spacial score (nSPS) is 21.5. The largest absolute Gasteiger partial charge is 0.366 e. The molecule has 0 radical (unpaired) electrons. The average molecular weight is 438 g/mol. The van der Waals surface area contributed by atoms with Gasteiger partial charge in [-0.15, -0.1) is 0 Å². The fraction of sp³-hybridized carbons (Fsp3) is 0.462. The van der Waals surface area contributed by atoms with Crippen LogP contribution in [0.25, 0.3) is 0 Å². The Bertz CT molecular complexity index is 954. The molecular weight excluding hydrogens is 405 g/mol. The molecule has 2 heterocycles. The molecule has 4 rings (SSSR count). The Balaban J connectivity index is 1.39. The molecule has 32 heavy (non-hydrogen) atoms. The lowest BCUT2D eigenvalue weighted by Gasteiger charge is -2.42. The Morgan fingerprint density at radius 1 is 0.969 bits per heavy atom. The van der Waals surface area contributed by atoms with Crippen LogP contribution in [0.3, 0.4) is 0 Å². The second kappa shape index (κ2) is 9.72. The number of nitrogens with zero attached hydrogens (tertiary/aromatic N) is 3. The minimum atomic E-state index is -0.227. The molecule has 2 aromatic rings. The van der Waals surface area contributed by atoms with E-state index < -0.39 is 0 Å². The average Bonchev–Trinajstić information content (AvgIpc) is 2.84. The molecule has 2 saturated heterocycles. The number of carbonyl (C=O) groups is 2. The van der Waals surface area contributed by atoms with Gasteiger partial charge in [-0.25, -0.2) is 4.39 Å². The van der Waals surface area contributed by atoms with E-state index in [9.17, 15) is 14.0 Å². The summed E-state index contributed by atoms with van der Waals surface area (Å²) in [6, 6.07) is 15.3. The lowest BCUT2D eigenvalue weighted by molar-refractivity contribution is -0.142. The summed E-state index contributed by atoms with van der Waals surface area (Å²) < 4.78 is 14.1. The zero-order valence-electron chi connectivity index (χ0n) is 19.0. The monoisotopic (exact) mass is 437 g/mol. The highest BCUT2D eigenvalue weighted by Gasteiger charge is 2.36. The Morgan fingerprint density at radius 3 is 2.28 bits per heavy atom. The molecule has 2 fully saturated rings. The number of hydrogen-bond donors (Lipinski definition) is 0. The summed E-state index contributed by atoms with van der Waals surface area (Å²) in [4.78, 5) is 31.4. The molecule has 0 bridgehead atoms. The maximum absolute atomic E-state index is 14.1. The highest BCUT2D eigenvalue weighted by molar-refractivity contribution is 5.81. The van der Waals surface area contributed by atoms with Crippen molar-refractivity contribution in [3.8, 4) is 0 Å². The van der Waals surface area contributed by atoms with Crippen LogP contribution in [0.1, 0.15) is 43.9 Å². The second-order valence-electron chi connectivity index (χ2n) is 8.82. The number of aryl methyl sites for hydroxylation is 1. The molecule has 2 atom stereocenters. The van der Waals surface area contributed by atoms with Gasteiger partial charge in [0.2, 0.25) is 11.8 Å². The number of benzene rings is 2. The third-order valence-electron chi connectivity index (χ3n) is 6.89. The first kappa shape index (κ1) is 22.3. The number of amides is 2. The summed E-state index contributed by atoms with van der Waals surface area (Å²) in [5.41, 5.74) is 3.01. The first-order valence-electron chi connectivity index (χ1n) is 11.6. The summed E-state index contributed by atoms with van der Waals surface area (Å²) in [6.07, 6.45) is 2.55. The number of anilines is 1. The summed E-state index contributed by atoms with van der Waals surface area (Å²) in [6.45, 7) is 6.56. The van der Waals surface area contributed by atoms with Crippen LogP contribution in [-0.2, 0) is 16.0 Å². The van der Waals surface area contributed by atoms with E-state index in [2.05, 4.69) is 31.2 Å². The molecule has 0 N–H and O–H groups in total. The van der Waals surface area contributed by atoms with Crippen LogP contribution < -0.4 is 4.90 Å². The lowest BCUT2D eigenvalue weighted by Crippen LogP contribution is -2.53. The predicted octanol–water partition coefficient (Wildman–Crippen LogP) is 4.04. The SMILES string of the molecule is CCc1ccc(C2CCC(C(=O)N3CCN(c4ccccc4F)CC3)CN2C(C)=O)cc1. The van der Waals surface area contributed by atoms with Crippen molar-refractivity contribution in [3.05, 3.63) is 65.5 Å². The van der Waals surface area contributed by atoms with E-state index in [1.54, 1.807) is 19.1 Å². The summed E-state index contributed by atoms with van der Waals surface area (Å²) in [5.74, 6) is -0.277. The van der Waals surface area contributed by atoms with Gasteiger partial charge in [0.25, 0.3) is 0 Å². The molecule has 0 aliphatic carbocycles. The van der Waals surface area contributed by atoms with E-state index in [4.69, 9.17) is 0 Å². The molecule has 2 unspecified atom stereocenters. The van der Waals surface area contributed by atoms with E-state index in [1.807, 2.05) is 20.8 Å². The van der Waals surface area contributed by atoms with E-state index in [1.165, 1.54) is 11.6 Å². The van der Waals surface area contributed by atoms with Crippen molar-refractivity contribution in [1.82, 2.24) is 9.80 Å². The van der Waals surface area contributed by atoms with Crippen LogP contribution in [-0.4, -0.2) is 54.3 Å². The first-order valence-corrected chi connectivity index (χ1v) is 11.6. The molecule has 6 heteroatoms. The van der Waals surface area contributed by atoms with E-state index >= 15 is 0 Å². The highest BCUT2D eigenvalue weighted by atomic mass is 19.1. The quantitative estimate of drug-likeness (QED) is 0.725. The number of para-hydroxylation sites is 1. The maximum atomic E-state index is 14.1. The van der Waals surface area contributed by atoms with Crippen LogP contribution in [0.4, 0.5) is 10.1 Å². The van der Waals surface area contributed by atoms with Crippen molar-refractivity contribution in [2.24, 2.45) is 5.92 Å². The third-order valence-corrected chi connectivity index (χ3v) is 6.89. The summed E-state index contributed by atoms with van der Waals surface area (Å²) >= 11 is 0. The molecular formula is C26H32FN3O2. The van der Waals surface area contributed by atoms with E-state index in [0.717, 1.165) is 24.8 Å². The fourth-order valence-corrected chi connectivity index (χ4v) is 4.98. The van der Waals surface area contributed by atoms with Crippen molar-refractivity contribution in [1.29, 1.82) is 0 Å². The Kier molecular flexibility index (Phi) is 6.77. The first-order chi connectivity index (χ1) is 15.5. The lowest BCUT2D eigenvalue weighted by atomic mass is 9.87. The topological polar surface area (TPSA) is 43.9 Å². The van der Waals surface area contributed by atoms with Gasteiger partial charge in [0.05, 0.1) is 17.6 Å². The molecule has 2 aliphatic rings. The van der Waals surface area contributed by atoms with Crippen LogP contribution in [0.2, 0.25) is 0 Å². The van der Waals surface area contributed by atoms with Crippen LogP contribution in [0.5, 0.6) is 0 Å². The third kappa shape index (κ3) is 4.64. The second-order valence-corrected chi connectivity index (χ2v) is 8.82. The van der Waals surface area contributed by atoms with Gasteiger partial charge in [-0.05, 0) is 42.5 Å². The Morgan fingerprint density at radius 2 is 1.66 bits per heavy atom. The van der Waals surface area contributed by atoms with Gasteiger partial charge >= 0.3 is 0 Å². The summed E-state index contributed by atoms with van der Waals surface area (Å²) in [7, 11) is 0. The number of rotatable bonds is 4. The van der Waals surface area contributed by atoms with Gasteiger partial charge in [-0.1, -0.05) is 43.3 Å². The molecule has 0 spiro atoms. The van der Waals surface area contributed by atoms with Crippen molar-refractivity contribution >= 4 is 17.5 Å². The number of halogens is 1. The van der Waals surface area contributed by atoms with Crippen molar-refractivity contribution in [3.63, 3.8) is 0 Å². The number of carbonyl (C=O) groups excluding carboxylic acids is 2. The highest BCUT2D eigenvalue weighted by Crippen LogP contribution is 2.34. The number of piperidine rings is 1. The van der Waals surface area contributed by atoms with Crippen LogP contribution in [0, 0.1) is 11.7 Å². The molecule has 170 valence electrons. The number of likely N-dealkylation sites (tertiary alicyclic amines) is 1. The van der Waals surface area contributed by atoms with E-state index in [0.29, 0.717) is 38.4 Å². The standard InChI is InChI=1S/C26H32FN3O2/c1-3-20-8-10-21(11-9-20)24-13-12-22(18-30(24)19(2)31)26(32)29-16-14-28(15-17-29)25-7-5-4-6-23(25)27/h4-11,22,24H,3,12-18H2,1-2H3. The molecule has 0 saturated carbocycles. The summed E-state index contributed by atoms with van der Waals surface area (Å²) in [5, 5.41) is 0. The Labute approximate surface area is 189 Å². The van der Waals surface area contributed by atoms with Gasteiger partial charge in [0.15, 0.2) is 0 Å². The molecule has 2 amide bonds. The maximum Gasteiger partial charge on any atom is 0.227 e. The number of hydrogen-bond acceptors (Lipinski definition) is 3. The van der Waals surface area contributed by atoms with Gasteiger partial charge in [-0.3, -0.25) is 9.59 Å². The van der Waals surface area contributed by atoms with Crippen LogP contribution in [0.15, 0.2) is 48.5 Å². The van der Waals surface area contributed by atoms with Crippen molar-refractivity contribution in [2.45, 2.75) is 39.2 Å².